The first kappa shape index (κ1) is 24.1. The first-order chi connectivity index (χ1) is 15.5. The summed E-state index contributed by atoms with van der Waals surface area (Å²) in [5.74, 6) is 0.406. The summed E-state index contributed by atoms with van der Waals surface area (Å²) >= 11 is 0. The summed E-state index contributed by atoms with van der Waals surface area (Å²) in [5, 5.41) is 10.3. The van der Waals surface area contributed by atoms with Crippen LogP contribution < -0.4 is 10.2 Å². The number of nitrogens with zero attached hydrogens (tertiary/aromatic N) is 2. The van der Waals surface area contributed by atoms with E-state index in [4.69, 9.17) is 23.6 Å². The van der Waals surface area contributed by atoms with Gasteiger partial charge in [0.1, 0.15) is 5.75 Å². The number of carbonyl (C=O) groups excluding carboxylic acids is 1. The molecule has 1 aromatic carbocycles. The van der Waals surface area contributed by atoms with Gasteiger partial charge in [-0.2, -0.15) is 0 Å². The van der Waals surface area contributed by atoms with Crippen LogP contribution in [0.3, 0.4) is 0 Å². The van der Waals surface area contributed by atoms with Crippen molar-refractivity contribution >= 4 is 18.6 Å². The summed E-state index contributed by atoms with van der Waals surface area (Å²) in [6.45, 7) is 5.41. The van der Waals surface area contributed by atoms with Crippen LogP contribution in [-0.2, 0) is 30.3 Å². The molecule has 3 heterocycles. The third kappa shape index (κ3) is 6.49. The van der Waals surface area contributed by atoms with E-state index in [0.29, 0.717) is 23.2 Å². The molecule has 0 aliphatic carbocycles. The molecule has 0 saturated carbocycles. The highest BCUT2D eigenvalue weighted by molar-refractivity contribution is 6.62. The Bertz CT molecular complexity index is 878. The summed E-state index contributed by atoms with van der Waals surface area (Å²) in [5.41, 5.74) is 2.02. The Morgan fingerprint density at radius 2 is 2.19 bits per heavy atom. The monoisotopic (exact) mass is 444 g/mol. The largest absolute Gasteiger partial charge is 0.492 e. The van der Waals surface area contributed by atoms with Crippen molar-refractivity contribution < 1.29 is 33.4 Å². The number of fused-ring (bicyclic) bond motifs is 1. The van der Waals surface area contributed by atoms with E-state index >= 15 is 0 Å². The van der Waals surface area contributed by atoms with Crippen LogP contribution in [0.5, 0.6) is 11.6 Å². The molecule has 2 aliphatic heterocycles. The van der Waals surface area contributed by atoms with Gasteiger partial charge < -0.3 is 28.6 Å². The lowest BCUT2D eigenvalue weighted by Gasteiger charge is -2.16. The Morgan fingerprint density at radius 3 is 2.78 bits per heavy atom. The van der Waals surface area contributed by atoms with Crippen LogP contribution >= 0.6 is 0 Å². The average Bonchev–Trinajstić information content (AvgIpc) is 3.36. The van der Waals surface area contributed by atoms with Gasteiger partial charge in [-0.25, -0.2) is 4.98 Å². The van der Waals surface area contributed by atoms with E-state index in [1.165, 1.54) is 25.2 Å². The molecule has 4 rings (SSSR count). The molecule has 0 bridgehead atoms. The van der Waals surface area contributed by atoms with Gasteiger partial charge in [0.2, 0.25) is 5.88 Å². The maximum Gasteiger partial charge on any atom is 0.492 e. The van der Waals surface area contributed by atoms with Gasteiger partial charge >= 0.3 is 13.1 Å². The van der Waals surface area contributed by atoms with E-state index in [-0.39, 0.29) is 25.6 Å². The third-order valence-corrected chi connectivity index (χ3v) is 5.03. The minimum absolute atomic E-state index is 0.0129. The highest BCUT2D eigenvalue weighted by Crippen LogP contribution is 2.33. The van der Waals surface area contributed by atoms with E-state index in [2.05, 4.69) is 16.9 Å². The maximum atomic E-state index is 11.8. The number of aromatic nitrogens is 2. The molecule has 32 heavy (non-hydrogen) atoms. The van der Waals surface area contributed by atoms with Crippen molar-refractivity contribution in [2.45, 2.75) is 51.9 Å². The molecule has 1 saturated heterocycles. The summed E-state index contributed by atoms with van der Waals surface area (Å²) < 4.78 is 26.7. The highest BCUT2D eigenvalue weighted by Gasteiger charge is 2.39. The van der Waals surface area contributed by atoms with E-state index < -0.39 is 13.2 Å². The van der Waals surface area contributed by atoms with Gasteiger partial charge in [-0.3, -0.25) is 9.78 Å². The van der Waals surface area contributed by atoms with Crippen molar-refractivity contribution in [3.05, 3.63) is 41.9 Å². The minimum atomic E-state index is -1.16. The molecule has 2 aliphatic rings. The number of rotatable bonds is 7. The van der Waals surface area contributed by atoms with Gasteiger partial charge in [-0.15, -0.1) is 0 Å². The Balaban J connectivity index is 0.000000416. The lowest BCUT2D eigenvalue weighted by molar-refractivity contribution is -0.145. The van der Waals surface area contributed by atoms with Crippen molar-refractivity contribution in [1.82, 2.24) is 9.97 Å². The predicted molar refractivity (Wildman–Crippen MR) is 117 cm³/mol. The average molecular weight is 444 g/mol. The fourth-order valence-electron chi connectivity index (χ4n) is 3.65. The van der Waals surface area contributed by atoms with Crippen molar-refractivity contribution in [1.29, 1.82) is 0 Å². The summed E-state index contributed by atoms with van der Waals surface area (Å²) in [6, 6.07) is 3.44. The van der Waals surface area contributed by atoms with Crippen molar-refractivity contribution in [3.8, 4) is 11.6 Å². The standard InChI is InChI=1S/C17H19BN2O6.C5H10O/c1-3-24-16(21)8-14-17-11(10-23-2)6-12(7-13(17)18(22)26-14)25-15-9-19-4-5-20-15;1-5-3-2-4-6-5/h4-7,9,14,22H,3,8,10H2,1-2H3;5H,2-4H2,1H3. The van der Waals surface area contributed by atoms with Gasteiger partial charge in [0, 0.05) is 26.1 Å². The molecule has 1 aromatic heterocycles. The van der Waals surface area contributed by atoms with Gasteiger partial charge in [-0.1, -0.05) is 0 Å². The van der Waals surface area contributed by atoms with Crippen LogP contribution in [0.15, 0.2) is 30.7 Å². The van der Waals surface area contributed by atoms with E-state index in [9.17, 15) is 9.82 Å². The second kappa shape index (κ2) is 11.9. The van der Waals surface area contributed by atoms with E-state index in [1.807, 2.05) is 0 Å². The molecule has 10 heteroatoms. The Hall–Kier alpha value is -2.53. The number of carbonyl (C=O) groups is 1. The van der Waals surface area contributed by atoms with Gasteiger partial charge in [0.15, 0.2) is 0 Å². The van der Waals surface area contributed by atoms with E-state index in [0.717, 1.165) is 17.7 Å². The van der Waals surface area contributed by atoms with Crippen LogP contribution in [0.1, 0.15) is 50.3 Å². The zero-order chi connectivity index (χ0) is 22.9. The topological polar surface area (TPSA) is 109 Å². The molecule has 172 valence electrons. The lowest BCUT2D eigenvalue weighted by atomic mass is 9.77. The Kier molecular flexibility index (Phi) is 8.98. The van der Waals surface area contributed by atoms with E-state index in [1.54, 1.807) is 32.4 Å². The summed E-state index contributed by atoms with van der Waals surface area (Å²) in [6.07, 6.45) is 7.04. The molecule has 1 N–H and O–H groups in total. The highest BCUT2D eigenvalue weighted by atomic mass is 16.5. The second-order valence-corrected chi connectivity index (χ2v) is 7.47. The molecule has 0 spiro atoms. The number of benzene rings is 1. The normalized spacial score (nSPS) is 19.2. The number of hydrogen-bond donors (Lipinski definition) is 1. The smallest absolute Gasteiger partial charge is 0.466 e. The fourth-order valence-corrected chi connectivity index (χ4v) is 3.65. The molecule has 2 aromatic rings. The molecular formula is C22H29BN2O7. The zero-order valence-corrected chi connectivity index (χ0v) is 18.7. The van der Waals surface area contributed by atoms with Crippen molar-refractivity contribution in [2.75, 3.05) is 20.3 Å². The number of esters is 1. The van der Waals surface area contributed by atoms with Crippen molar-refractivity contribution in [2.24, 2.45) is 0 Å². The van der Waals surface area contributed by atoms with Crippen LogP contribution in [0, 0.1) is 0 Å². The maximum absolute atomic E-state index is 11.8. The molecule has 2 unspecified atom stereocenters. The molecular weight excluding hydrogens is 415 g/mol. The molecule has 0 radical (unpaired) electrons. The number of hydrogen-bond acceptors (Lipinski definition) is 9. The van der Waals surface area contributed by atoms with Crippen LogP contribution in [0.2, 0.25) is 0 Å². The predicted octanol–water partition coefficient (Wildman–Crippen LogP) is 2.31. The second-order valence-electron chi connectivity index (χ2n) is 7.47. The van der Waals surface area contributed by atoms with Crippen LogP contribution in [-0.4, -0.2) is 54.5 Å². The first-order valence-electron chi connectivity index (χ1n) is 10.7. The zero-order valence-electron chi connectivity index (χ0n) is 18.7. The Labute approximate surface area is 188 Å². The van der Waals surface area contributed by atoms with Gasteiger partial charge in [0.25, 0.3) is 0 Å². The third-order valence-electron chi connectivity index (χ3n) is 5.03. The lowest BCUT2D eigenvalue weighted by Crippen LogP contribution is -2.28. The fraction of sp³-hybridized carbons (Fsp3) is 0.500. The molecule has 0 amide bonds. The molecule has 1 fully saturated rings. The number of ether oxygens (including phenoxy) is 4. The minimum Gasteiger partial charge on any atom is -0.466 e. The summed E-state index contributed by atoms with van der Waals surface area (Å²) in [4.78, 5) is 19.9. The van der Waals surface area contributed by atoms with Crippen LogP contribution in [0.25, 0.3) is 0 Å². The van der Waals surface area contributed by atoms with Crippen LogP contribution in [0.4, 0.5) is 0 Å². The summed E-state index contributed by atoms with van der Waals surface area (Å²) in [7, 11) is 0.403. The molecule has 9 nitrogen and oxygen atoms in total. The van der Waals surface area contributed by atoms with Gasteiger partial charge in [-0.05, 0) is 55.4 Å². The first-order valence-corrected chi connectivity index (χ1v) is 10.7. The van der Waals surface area contributed by atoms with Crippen molar-refractivity contribution in [3.63, 3.8) is 0 Å². The quantitative estimate of drug-likeness (QED) is 0.508. The molecule has 2 atom stereocenters. The number of methoxy groups -OCH3 is 1. The SMILES string of the molecule is CC1CCCO1.CCOC(=O)CC1OB(O)c2cc(Oc3cnccn3)cc(COC)c21. The Morgan fingerprint density at radius 1 is 1.34 bits per heavy atom. The van der Waals surface area contributed by atoms with Gasteiger partial charge in [0.05, 0.1) is 38.0 Å².